The Kier molecular flexibility index (Phi) is 6.51. The molecule has 1 saturated heterocycles. The molecule has 0 bridgehead atoms. The van der Waals surface area contributed by atoms with Gasteiger partial charge in [0.15, 0.2) is 5.13 Å². The molecule has 0 aromatic carbocycles. The van der Waals surface area contributed by atoms with Crippen LogP contribution in [0.1, 0.15) is 26.2 Å². The molecule has 2 heterocycles. The highest BCUT2D eigenvalue weighted by molar-refractivity contribution is 7.89. The van der Waals surface area contributed by atoms with E-state index in [2.05, 4.69) is 14.6 Å². The average Bonchev–Trinajstić information content (AvgIpc) is 3.02. The van der Waals surface area contributed by atoms with Crippen molar-refractivity contribution >= 4 is 32.4 Å². The van der Waals surface area contributed by atoms with E-state index in [0.29, 0.717) is 18.1 Å². The molecular formula is C14H24N4O3S2. The summed E-state index contributed by atoms with van der Waals surface area (Å²) in [5.74, 6) is 0.176. The van der Waals surface area contributed by atoms with Gasteiger partial charge in [0.25, 0.3) is 0 Å². The Morgan fingerprint density at radius 1 is 1.48 bits per heavy atom. The number of aromatic nitrogens is 1. The van der Waals surface area contributed by atoms with E-state index in [4.69, 9.17) is 0 Å². The van der Waals surface area contributed by atoms with Crippen LogP contribution in [0.25, 0.3) is 0 Å². The van der Waals surface area contributed by atoms with Gasteiger partial charge in [-0.25, -0.2) is 18.1 Å². The Morgan fingerprint density at radius 2 is 2.17 bits per heavy atom. The standard InChI is InChI=1S/C14H24N4O3S2/c1-3-10-23(20,21)16-12-4-7-18(8-5-12)11-13(19)17(2)14-15-6-9-22-14/h6,9,12,16H,3-5,7-8,10-11H2,1-2H3. The molecule has 1 aromatic heterocycles. The van der Waals surface area contributed by atoms with Gasteiger partial charge >= 0.3 is 0 Å². The van der Waals surface area contributed by atoms with E-state index in [-0.39, 0.29) is 17.7 Å². The van der Waals surface area contributed by atoms with Gasteiger partial charge in [0.05, 0.1) is 12.3 Å². The van der Waals surface area contributed by atoms with E-state index in [1.54, 1.807) is 18.1 Å². The maximum Gasteiger partial charge on any atom is 0.242 e. The summed E-state index contributed by atoms with van der Waals surface area (Å²) >= 11 is 1.43. The van der Waals surface area contributed by atoms with Crippen molar-refractivity contribution in [1.29, 1.82) is 0 Å². The Hall–Kier alpha value is -1.03. The lowest BCUT2D eigenvalue weighted by Crippen LogP contribution is -2.48. The lowest BCUT2D eigenvalue weighted by molar-refractivity contribution is -0.119. The fraction of sp³-hybridized carbons (Fsp3) is 0.714. The summed E-state index contributed by atoms with van der Waals surface area (Å²) in [6.45, 7) is 3.63. The molecule has 0 spiro atoms. The molecule has 1 N–H and O–H groups in total. The van der Waals surface area contributed by atoms with Crippen LogP contribution in [0.5, 0.6) is 0 Å². The maximum absolute atomic E-state index is 12.2. The second-order valence-electron chi connectivity index (χ2n) is 5.75. The van der Waals surface area contributed by atoms with Crippen LogP contribution in [0.4, 0.5) is 5.13 Å². The van der Waals surface area contributed by atoms with Crippen LogP contribution < -0.4 is 9.62 Å². The normalized spacial score (nSPS) is 17.3. The quantitative estimate of drug-likeness (QED) is 0.781. The Morgan fingerprint density at radius 3 is 2.74 bits per heavy atom. The second kappa shape index (κ2) is 8.18. The van der Waals surface area contributed by atoms with Crippen LogP contribution in [0.3, 0.4) is 0 Å². The van der Waals surface area contributed by atoms with Gasteiger partial charge in [-0.1, -0.05) is 6.92 Å². The van der Waals surface area contributed by atoms with Crippen LogP contribution in [-0.2, 0) is 14.8 Å². The molecule has 1 aromatic rings. The number of carbonyl (C=O) groups excluding carboxylic acids is 1. The van der Waals surface area contributed by atoms with Crippen molar-refractivity contribution in [1.82, 2.24) is 14.6 Å². The van der Waals surface area contributed by atoms with Crippen molar-refractivity contribution < 1.29 is 13.2 Å². The number of likely N-dealkylation sites (N-methyl/N-ethyl adjacent to an activating group) is 1. The van der Waals surface area contributed by atoms with E-state index in [9.17, 15) is 13.2 Å². The zero-order valence-electron chi connectivity index (χ0n) is 13.6. The predicted molar refractivity (Wildman–Crippen MR) is 92.2 cm³/mol. The molecule has 2 rings (SSSR count). The van der Waals surface area contributed by atoms with Crippen LogP contribution in [-0.4, -0.2) is 62.7 Å². The molecule has 0 saturated carbocycles. The van der Waals surface area contributed by atoms with Crippen LogP contribution in [0.15, 0.2) is 11.6 Å². The first-order valence-electron chi connectivity index (χ1n) is 7.79. The highest BCUT2D eigenvalue weighted by Gasteiger charge is 2.25. The first-order valence-corrected chi connectivity index (χ1v) is 10.3. The number of thiazole rings is 1. The van der Waals surface area contributed by atoms with Crippen molar-refractivity contribution in [3.8, 4) is 0 Å². The predicted octanol–water partition coefficient (Wildman–Crippen LogP) is 0.900. The fourth-order valence-electron chi connectivity index (χ4n) is 2.58. The molecule has 7 nitrogen and oxygen atoms in total. The summed E-state index contributed by atoms with van der Waals surface area (Å²) in [4.78, 5) is 20.0. The highest BCUT2D eigenvalue weighted by atomic mass is 32.2. The van der Waals surface area contributed by atoms with Gasteiger partial charge < -0.3 is 0 Å². The van der Waals surface area contributed by atoms with Gasteiger partial charge in [0, 0.05) is 37.8 Å². The van der Waals surface area contributed by atoms with Gasteiger partial charge in [-0.15, -0.1) is 11.3 Å². The smallest absolute Gasteiger partial charge is 0.242 e. The third-order valence-electron chi connectivity index (χ3n) is 3.85. The van der Waals surface area contributed by atoms with E-state index < -0.39 is 10.0 Å². The molecule has 0 radical (unpaired) electrons. The fourth-order valence-corrected chi connectivity index (χ4v) is 4.60. The van der Waals surface area contributed by atoms with E-state index in [1.165, 1.54) is 11.3 Å². The number of amides is 1. The number of nitrogens with one attached hydrogen (secondary N) is 1. The van der Waals surface area contributed by atoms with Gasteiger partial charge in [-0.3, -0.25) is 14.6 Å². The van der Waals surface area contributed by atoms with Crippen molar-refractivity contribution in [3.63, 3.8) is 0 Å². The maximum atomic E-state index is 12.2. The van der Waals surface area contributed by atoms with Crippen molar-refractivity contribution in [2.75, 3.05) is 37.3 Å². The number of anilines is 1. The Balaban J connectivity index is 1.77. The first-order chi connectivity index (χ1) is 10.9. The number of hydrogen-bond acceptors (Lipinski definition) is 6. The zero-order valence-corrected chi connectivity index (χ0v) is 15.2. The van der Waals surface area contributed by atoms with Gasteiger partial charge in [-0.05, 0) is 19.3 Å². The summed E-state index contributed by atoms with van der Waals surface area (Å²) in [5, 5.41) is 2.53. The van der Waals surface area contributed by atoms with E-state index in [0.717, 1.165) is 25.9 Å². The number of carbonyl (C=O) groups is 1. The summed E-state index contributed by atoms with van der Waals surface area (Å²) in [7, 11) is -1.44. The number of hydrogen-bond donors (Lipinski definition) is 1. The van der Waals surface area contributed by atoms with Crippen molar-refractivity contribution in [2.45, 2.75) is 32.2 Å². The average molecular weight is 361 g/mol. The number of rotatable bonds is 7. The third-order valence-corrected chi connectivity index (χ3v) is 6.33. The zero-order chi connectivity index (χ0) is 16.9. The molecule has 0 atom stereocenters. The number of piperidine rings is 1. The summed E-state index contributed by atoms with van der Waals surface area (Å²) in [5.41, 5.74) is 0. The Labute approximate surface area is 141 Å². The van der Waals surface area contributed by atoms with Crippen LogP contribution >= 0.6 is 11.3 Å². The molecular weight excluding hydrogens is 336 g/mol. The van der Waals surface area contributed by atoms with Gasteiger partial charge in [0.2, 0.25) is 15.9 Å². The van der Waals surface area contributed by atoms with E-state index in [1.807, 2.05) is 12.3 Å². The lowest BCUT2D eigenvalue weighted by atomic mass is 10.1. The first kappa shape index (κ1) is 18.3. The monoisotopic (exact) mass is 360 g/mol. The molecule has 0 aliphatic carbocycles. The van der Waals surface area contributed by atoms with Gasteiger partial charge in [-0.2, -0.15) is 0 Å². The molecule has 1 aliphatic rings. The lowest BCUT2D eigenvalue weighted by Gasteiger charge is -2.32. The van der Waals surface area contributed by atoms with Crippen LogP contribution in [0, 0.1) is 0 Å². The SMILES string of the molecule is CCCS(=O)(=O)NC1CCN(CC(=O)N(C)c2nccs2)CC1. The number of sulfonamides is 1. The molecule has 1 aliphatic heterocycles. The summed E-state index contributed by atoms with van der Waals surface area (Å²) < 4.78 is 26.3. The van der Waals surface area contributed by atoms with Crippen LogP contribution in [0.2, 0.25) is 0 Å². The molecule has 9 heteroatoms. The molecule has 1 amide bonds. The highest BCUT2D eigenvalue weighted by Crippen LogP contribution is 2.17. The largest absolute Gasteiger partial charge is 0.294 e. The number of likely N-dealkylation sites (tertiary alicyclic amines) is 1. The van der Waals surface area contributed by atoms with Gasteiger partial charge in [0.1, 0.15) is 0 Å². The van der Waals surface area contributed by atoms with Crippen molar-refractivity contribution in [3.05, 3.63) is 11.6 Å². The van der Waals surface area contributed by atoms with Crippen molar-refractivity contribution in [2.24, 2.45) is 0 Å². The van der Waals surface area contributed by atoms with E-state index >= 15 is 0 Å². The molecule has 130 valence electrons. The number of nitrogens with zero attached hydrogens (tertiary/aromatic N) is 3. The summed E-state index contributed by atoms with van der Waals surface area (Å²) in [6, 6.07) is -0.0189. The molecule has 1 fully saturated rings. The minimum Gasteiger partial charge on any atom is -0.294 e. The second-order valence-corrected chi connectivity index (χ2v) is 8.50. The third kappa shape index (κ3) is 5.52. The minimum atomic E-state index is -3.17. The Bertz CT molecular complexity index is 596. The topological polar surface area (TPSA) is 82.6 Å². The minimum absolute atomic E-state index is 0.00460. The molecule has 0 unspecified atom stereocenters. The summed E-state index contributed by atoms with van der Waals surface area (Å²) in [6.07, 6.45) is 3.76. The molecule has 23 heavy (non-hydrogen) atoms.